The Labute approximate surface area is 89.7 Å². The monoisotopic (exact) mass is 255 g/mol. The molecule has 1 aromatic carbocycles. The van der Waals surface area contributed by atoms with Crippen molar-refractivity contribution in [1.29, 1.82) is 0 Å². The molecular weight excluding hydrogens is 246 g/mol. The Morgan fingerprint density at radius 2 is 2.23 bits per heavy atom. The molecule has 0 aliphatic carbocycles. The van der Waals surface area contributed by atoms with Gasteiger partial charge < -0.3 is 5.73 Å². The van der Waals surface area contributed by atoms with Crippen LogP contribution in [0.5, 0.6) is 0 Å². The molecule has 0 saturated carbocycles. The van der Waals surface area contributed by atoms with Crippen LogP contribution in [0.1, 0.15) is 12.5 Å². The van der Waals surface area contributed by atoms with Crippen LogP contribution in [0.2, 0.25) is 0 Å². The molecule has 0 spiro atoms. The van der Waals surface area contributed by atoms with Gasteiger partial charge in [0, 0.05) is 10.4 Å². The second kappa shape index (κ2) is 3.31. The van der Waals surface area contributed by atoms with Crippen LogP contribution < -0.4 is 5.73 Å². The Bertz CT molecular complexity index is 447. The summed E-state index contributed by atoms with van der Waals surface area (Å²) in [6.45, 7) is 2.14. The van der Waals surface area contributed by atoms with Crippen molar-refractivity contribution in [3.05, 3.63) is 27.5 Å². The molecule has 68 valence electrons. The van der Waals surface area contributed by atoms with Crippen LogP contribution in [-0.4, -0.2) is 0 Å². The lowest BCUT2D eigenvalue weighted by Crippen LogP contribution is -1.91. The second-order valence-corrected chi connectivity index (χ2v) is 5.39. The van der Waals surface area contributed by atoms with Gasteiger partial charge in [0.2, 0.25) is 0 Å². The molecular formula is C10H10BrNS. The van der Waals surface area contributed by atoms with E-state index in [1.54, 1.807) is 11.3 Å². The number of hydrogen-bond acceptors (Lipinski definition) is 2. The smallest absolute Gasteiger partial charge is 0.0711 e. The van der Waals surface area contributed by atoms with Crippen molar-refractivity contribution < 1.29 is 0 Å². The first kappa shape index (κ1) is 9.03. The molecule has 2 aromatic rings. The van der Waals surface area contributed by atoms with E-state index in [0.717, 1.165) is 12.1 Å². The third-order valence-electron chi connectivity index (χ3n) is 2.15. The molecule has 0 atom stereocenters. The molecule has 13 heavy (non-hydrogen) atoms. The zero-order chi connectivity index (χ0) is 9.42. The fourth-order valence-electron chi connectivity index (χ4n) is 1.51. The number of nitrogen functional groups attached to an aromatic ring is 1. The number of halogens is 1. The number of nitrogens with two attached hydrogens (primary N) is 1. The summed E-state index contributed by atoms with van der Waals surface area (Å²) in [5.74, 6) is 0. The van der Waals surface area contributed by atoms with Crippen molar-refractivity contribution in [2.45, 2.75) is 13.3 Å². The van der Waals surface area contributed by atoms with Gasteiger partial charge in [-0.25, -0.2) is 0 Å². The molecule has 0 radical (unpaired) electrons. The van der Waals surface area contributed by atoms with Crippen LogP contribution in [0.15, 0.2) is 22.0 Å². The fourth-order valence-corrected chi connectivity index (χ4v) is 3.25. The summed E-state index contributed by atoms with van der Waals surface area (Å²) < 4.78 is 2.48. The van der Waals surface area contributed by atoms with E-state index >= 15 is 0 Å². The van der Waals surface area contributed by atoms with Gasteiger partial charge in [-0.2, -0.15) is 0 Å². The van der Waals surface area contributed by atoms with Crippen LogP contribution in [-0.2, 0) is 6.42 Å². The minimum atomic E-state index is 0.907. The Balaban J connectivity index is 2.82. The van der Waals surface area contributed by atoms with E-state index < -0.39 is 0 Å². The summed E-state index contributed by atoms with van der Waals surface area (Å²) in [6.07, 6.45) is 0.996. The Morgan fingerprint density at radius 3 is 2.92 bits per heavy atom. The van der Waals surface area contributed by atoms with Gasteiger partial charge in [-0.3, -0.25) is 0 Å². The third-order valence-corrected chi connectivity index (χ3v) is 3.86. The number of fused-ring (bicyclic) bond motifs is 1. The number of thiophene rings is 1. The Morgan fingerprint density at radius 1 is 1.46 bits per heavy atom. The quantitative estimate of drug-likeness (QED) is 0.771. The van der Waals surface area contributed by atoms with Crippen LogP contribution >= 0.6 is 27.3 Å². The van der Waals surface area contributed by atoms with E-state index in [9.17, 15) is 0 Å². The predicted molar refractivity (Wildman–Crippen MR) is 63.3 cm³/mol. The summed E-state index contributed by atoms with van der Waals surface area (Å²) in [4.78, 5) is 0. The molecule has 0 saturated heterocycles. The van der Waals surface area contributed by atoms with Crippen LogP contribution in [0, 0.1) is 0 Å². The van der Waals surface area contributed by atoms with Crippen molar-refractivity contribution in [2.75, 3.05) is 5.73 Å². The van der Waals surface area contributed by atoms with Crippen LogP contribution in [0.4, 0.5) is 5.69 Å². The van der Waals surface area contributed by atoms with Gasteiger partial charge in [-0.05, 0) is 45.4 Å². The molecule has 2 N–H and O–H groups in total. The van der Waals surface area contributed by atoms with E-state index in [2.05, 4.69) is 35.0 Å². The normalized spacial score (nSPS) is 10.9. The van der Waals surface area contributed by atoms with Gasteiger partial charge >= 0.3 is 0 Å². The van der Waals surface area contributed by atoms with Gasteiger partial charge in [-0.15, -0.1) is 11.3 Å². The maximum atomic E-state index is 5.90. The van der Waals surface area contributed by atoms with E-state index in [1.807, 2.05) is 6.07 Å². The highest BCUT2D eigenvalue weighted by Crippen LogP contribution is 2.34. The van der Waals surface area contributed by atoms with Gasteiger partial charge in [0.1, 0.15) is 0 Å². The maximum absolute atomic E-state index is 5.90. The lowest BCUT2D eigenvalue weighted by atomic mass is 10.1. The number of rotatable bonds is 1. The van der Waals surface area contributed by atoms with Gasteiger partial charge in [0.15, 0.2) is 0 Å². The third kappa shape index (κ3) is 1.46. The van der Waals surface area contributed by atoms with E-state index in [4.69, 9.17) is 5.73 Å². The zero-order valence-corrected chi connectivity index (χ0v) is 9.71. The van der Waals surface area contributed by atoms with Gasteiger partial charge in [-0.1, -0.05) is 13.0 Å². The first-order chi connectivity index (χ1) is 6.22. The summed E-state index contributed by atoms with van der Waals surface area (Å²) in [6, 6.07) is 6.20. The average Bonchev–Trinajstić information content (AvgIpc) is 2.45. The lowest BCUT2D eigenvalue weighted by molar-refractivity contribution is 1.17. The zero-order valence-electron chi connectivity index (χ0n) is 7.30. The summed E-state index contributed by atoms with van der Waals surface area (Å²) >= 11 is 5.24. The molecule has 0 amide bonds. The van der Waals surface area contributed by atoms with Gasteiger partial charge in [0.05, 0.1) is 3.79 Å². The highest BCUT2D eigenvalue weighted by Gasteiger charge is 2.06. The van der Waals surface area contributed by atoms with Crippen LogP contribution in [0.3, 0.4) is 0 Å². The van der Waals surface area contributed by atoms with E-state index in [-0.39, 0.29) is 0 Å². The maximum Gasteiger partial charge on any atom is 0.0711 e. The summed E-state index contributed by atoms with van der Waals surface area (Å²) in [5.41, 5.74) is 8.08. The highest BCUT2D eigenvalue weighted by atomic mass is 79.9. The van der Waals surface area contributed by atoms with Gasteiger partial charge in [0.25, 0.3) is 0 Å². The van der Waals surface area contributed by atoms with Crippen molar-refractivity contribution in [3.8, 4) is 0 Å². The minimum Gasteiger partial charge on any atom is -0.398 e. The molecule has 0 fully saturated rings. The molecule has 0 aliphatic heterocycles. The number of benzene rings is 1. The Kier molecular flexibility index (Phi) is 2.30. The summed E-state index contributed by atoms with van der Waals surface area (Å²) in [7, 11) is 0. The number of aryl methyl sites for hydroxylation is 1. The van der Waals surface area contributed by atoms with Crippen molar-refractivity contribution in [1.82, 2.24) is 0 Å². The molecule has 0 unspecified atom stereocenters. The predicted octanol–water partition coefficient (Wildman–Crippen LogP) is 3.81. The first-order valence-electron chi connectivity index (χ1n) is 4.18. The number of hydrogen-bond donors (Lipinski definition) is 1. The number of anilines is 1. The topological polar surface area (TPSA) is 26.0 Å². The van der Waals surface area contributed by atoms with E-state index in [0.29, 0.717) is 0 Å². The molecule has 2 rings (SSSR count). The lowest BCUT2D eigenvalue weighted by Gasteiger charge is -2.02. The highest BCUT2D eigenvalue weighted by molar-refractivity contribution is 9.11. The van der Waals surface area contributed by atoms with E-state index in [1.165, 1.54) is 19.4 Å². The standard InChI is InChI=1S/C10H10BrNS/c1-2-7-8(12)4-3-6-5-9(11)13-10(6)7/h3-5H,2,12H2,1H3. The fraction of sp³-hybridized carbons (Fsp3) is 0.200. The molecule has 1 nitrogen and oxygen atoms in total. The molecule has 1 aromatic heterocycles. The molecule has 0 bridgehead atoms. The molecule has 3 heteroatoms. The largest absolute Gasteiger partial charge is 0.398 e. The van der Waals surface area contributed by atoms with Crippen molar-refractivity contribution in [2.24, 2.45) is 0 Å². The van der Waals surface area contributed by atoms with Crippen molar-refractivity contribution >= 4 is 43.0 Å². The summed E-state index contributed by atoms with van der Waals surface area (Å²) in [5, 5.41) is 1.28. The minimum absolute atomic E-state index is 0.907. The van der Waals surface area contributed by atoms with Crippen molar-refractivity contribution in [3.63, 3.8) is 0 Å². The Hall–Kier alpha value is -0.540. The second-order valence-electron chi connectivity index (χ2n) is 2.96. The average molecular weight is 256 g/mol. The molecule has 0 aliphatic rings. The first-order valence-corrected chi connectivity index (χ1v) is 5.79. The van der Waals surface area contributed by atoms with Crippen LogP contribution in [0.25, 0.3) is 10.1 Å². The SMILES string of the molecule is CCc1c(N)ccc2cc(Br)sc12. The molecule has 1 heterocycles.